The second-order valence-corrected chi connectivity index (χ2v) is 5.28. The van der Waals surface area contributed by atoms with Crippen LogP contribution in [0.15, 0.2) is 46.9 Å². The van der Waals surface area contributed by atoms with Gasteiger partial charge in [-0.05, 0) is 42.3 Å². The minimum absolute atomic E-state index is 0.284. The van der Waals surface area contributed by atoms with Crippen molar-refractivity contribution in [1.82, 2.24) is 0 Å². The van der Waals surface area contributed by atoms with Crippen LogP contribution < -0.4 is 9.47 Å². The fourth-order valence-electron chi connectivity index (χ4n) is 1.76. The second-order valence-electron chi connectivity index (χ2n) is 4.36. The molecule has 0 bridgehead atoms. The van der Waals surface area contributed by atoms with E-state index in [1.165, 1.54) is 12.1 Å². The van der Waals surface area contributed by atoms with E-state index in [0.29, 0.717) is 29.2 Å². The monoisotopic (exact) mass is 338 g/mol. The molecule has 0 N–H and O–H groups in total. The average Bonchev–Trinajstić information content (AvgIpc) is 2.43. The second kappa shape index (κ2) is 7.29. The van der Waals surface area contributed by atoms with Crippen LogP contribution in [0, 0.1) is 5.82 Å². The van der Waals surface area contributed by atoms with Crippen molar-refractivity contribution < 1.29 is 13.9 Å². The van der Waals surface area contributed by atoms with E-state index in [4.69, 9.17) is 9.47 Å². The van der Waals surface area contributed by atoms with E-state index in [0.717, 1.165) is 12.0 Å². The Morgan fingerprint density at radius 2 is 1.75 bits per heavy atom. The first-order valence-electron chi connectivity index (χ1n) is 6.48. The summed E-state index contributed by atoms with van der Waals surface area (Å²) in [6.45, 7) is 2.99. The first-order valence-corrected chi connectivity index (χ1v) is 7.28. The molecule has 0 spiro atoms. The highest BCUT2D eigenvalue weighted by atomic mass is 79.9. The molecular formula is C16H16BrFO2. The van der Waals surface area contributed by atoms with E-state index in [-0.39, 0.29) is 5.82 Å². The Hall–Kier alpha value is -1.55. The molecule has 2 aromatic carbocycles. The van der Waals surface area contributed by atoms with Gasteiger partial charge < -0.3 is 9.47 Å². The quantitative estimate of drug-likeness (QED) is 0.741. The Kier molecular flexibility index (Phi) is 5.41. The van der Waals surface area contributed by atoms with Gasteiger partial charge in [-0.25, -0.2) is 4.39 Å². The molecule has 0 radical (unpaired) electrons. The predicted molar refractivity (Wildman–Crippen MR) is 80.7 cm³/mol. The third-order valence-corrected chi connectivity index (χ3v) is 3.09. The summed E-state index contributed by atoms with van der Waals surface area (Å²) >= 11 is 3.27. The summed E-state index contributed by atoms with van der Waals surface area (Å²) in [5.74, 6) is 1.10. The maximum atomic E-state index is 13.3. The van der Waals surface area contributed by atoms with Crippen molar-refractivity contribution in [3.63, 3.8) is 0 Å². The summed E-state index contributed by atoms with van der Waals surface area (Å²) in [4.78, 5) is 0. The molecule has 4 heteroatoms. The van der Waals surface area contributed by atoms with Crippen LogP contribution in [0.1, 0.15) is 18.9 Å². The molecule has 0 unspecified atom stereocenters. The molecule has 0 aliphatic rings. The molecule has 2 nitrogen and oxygen atoms in total. The Bertz CT molecular complexity index is 552. The highest BCUT2D eigenvalue weighted by molar-refractivity contribution is 9.10. The van der Waals surface area contributed by atoms with Gasteiger partial charge >= 0.3 is 0 Å². The van der Waals surface area contributed by atoms with Crippen LogP contribution in [0.5, 0.6) is 11.5 Å². The van der Waals surface area contributed by atoms with Gasteiger partial charge in [-0.3, -0.25) is 0 Å². The smallest absolute Gasteiger partial charge is 0.161 e. The van der Waals surface area contributed by atoms with Crippen LogP contribution in [0.25, 0.3) is 0 Å². The first-order chi connectivity index (χ1) is 9.69. The Labute approximate surface area is 126 Å². The van der Waals surface area contributed by atoms with Gasteiger partial charge in [0, 0.05) is 4.47 Å². The van der Waals surface area contributed by atoms with Crippen LogP contribution in [-0.2, 0) is 6.61 Å². The lowest BCUT2D eigenvalue weighted by Gasteiger charge is -2.12. The summed E-state index contributed by atoms with van der Waals surface area (Å²) < 4.78 is 25.3. The van der Waals surface area contributed by atoms with Crippen LogP contribution in [0.4, 0.5) is 4.39 Å². The summed E-state index contributed by atoms with van der Waals surface area (Å²) in [5.41, 5.74) is 0.766. The standard InChI is InChI=1S/C16H16BrFO2/c1-2-7-19-15-5-3-4-6-16(15)20-11-12-8-13(17)10-14(18)9-12/h3-6,8-10H,2,7,11H2,1H3. The molecule has 0 fully saturated rings. The van der Waals surface area contributed by atoms with E-state index >= 15 is 0 Å². The molecule has 0 heterocycles. The lowest BCUT2D eigenvalue weighted by Crippen LogP contribution is -2.01. The number of hydrogen-bond donors (Lipinski definition) is 0. The number of halogens is 2. The minimum Gasteiger partial charge on any atom is -0.490 e. The summed E-state index contributed by atoms with van der Waals surface area (Å²) in [6, 6.07) is 12.2. The van der Waals surface area contributed by atoms with Gasteiger partial charge in [0.05, 0.1) is 6.61 Å². The van der Waals surface area contributed by atoms with E-state index in [1.807, 2.05) is 37.3 Å². The fraction of sp³-hybridized carbons (Fsp3) is 0.250. The van der Waals surface area contributed by atoms with Crippen LogP contribution in [-0.4, -0.2) is 6.61 Å². The SMILES string of the molecule is CCCOc1ccccc1OCc1cc(F)cc(Br)c1. The summed E-state index contributed by atoms with van der Waals surface area (Å²) in [7, 11) is 0. The molecule has 0 saturated heterocycles. The van der Waals surface area contributed by atoms with E-state index < -0.39 is 0 Å². The average molecular weight is 339 g/mol. The zero-order chi connectivity index (χ0) is 14.4. The molecule has 0 saturated carbocycles. The maximum absolute atomic E-state index is 13.3. The molecule has 20 heavy (non-hydrogen) atoms. The maximum Gasteiger partial charge on any atom is 0.161 e. The van der Waals surface area contributed by atoms with Gasteiger partial charge in [0.1, 0.15) is 12.4 Å². The van der Waals surface area contributed by atoms with Crippen molar-refractivity contribution in [3.8, 4) is 11.5 Å². The minimum atomic E-state index is -0.284. The van der Waals surface area contributed by atoms with Gasteiger partial charge in [-0.1, -0.05) is 35.0 Å². The summed E-state index contributed by atoms with van der Waals surface area (Å²) in [5, 5.41) is 0. The van der Waals surface area contributed by atoms with Crippen molar-refractivity contribution in [1.29, 1.82) is 0 Å². The number of benzene rings is 2. The number of hydrogen-bond acceptors (Lipinski definition) is 2. The van der Waals surface area contributed by atoms with Gasteiger partial charge in [-0.2, -0.15) is 0 Å². The Balaban J connectivity index is 2.06. The molecule has 0 aliphatic heterocycles. The molecule has 0 atom stereocenters. The van der Waals surface area contributed by atoms with Crippen molar-refractivity contribution in [2.24, 2.45) is 0 Å². The van der Waals surface area contributed by atoms with Crippen molar-refractivity contribution in [3.05, 3.63) is 58.3 Å². The third-order valence-electron chi connectivity index (χ3n) is 2.63. The topological polar surface area (TPSA) is 18.5 Å². The first kappa shape index (κ1) is 14.9. The zero-order valence-electron chi connectivity index (χ0n) is 11.2. The lowest BCUT2D eigenvalue weighted by atomic mass is 10.2. The normalized spacial score (nSPS) is 10.3. The Morgan fingerprint density at radius 3 is 2.40 bits per heavy atom. The molecule has 2 aromatic rings. The number of para-hydroxylation sites is 2. The van der Waals surface area contributed by atoms with Crippen molar-refractivity contribution >= 4 is 15.9 Å². The molecule has 0 aliphatic carbocycles. The molecule has 2 rings (SSSR count). The zero-order valence-corrected chi connectivity index (χ0v) is 12.8. The van der Waals surface area contributed by atoms with Crippen LogP contribution in [0.2, 0.25) is 0 Å². The molecule has 106 valence electrons. The predicted octanol–water partition coefficient (Wildman–Crippen LogP) is 4.96. The van der Waals surface area contributed by atoms with Crippen molar-refractivity contribution in [2.75, 3.05) is 6.61 Å². The van der Waals surface area contributed by atoms with Gasteiger partial charge in [0.15, 0.2) is 11.5 Å². The van der Waals surface area contributed by atoms with Gasteiger partial charge in [0.2, 0.25) is 0 Å². The lowest BCUT2D eigenvalue weighted by molar-refractivity contribution is 0.261. The van der Waals surface area contributed by atoms with Gasteiger partial charge in [-0.15, -0.1) is 0 Å². The number of ether oxygens (including phenoxy) is 2. The molecule has 0 aromatic heterocycles. The van der Waals surface area contributed by atoms with Gasteiger partial charge in [0.25, 0.3) is 0 Å². The molecular weight excluding hydrogens is 323 g/mol. The van der Waals surface area contributed by atoms with E-state index in [9.17, 15) is 4.39 Å². The third kappa shape index (κ3) is 4.23. The van der Waals surface area contributed by atoms with Crippen LogP contribution >= 0.6 is 15.9 Å². The van der Waals surface area contributed by atoms with Crippen molar-refractivity contribution in [2.45, 2.75) is 20.0 Å². The highest BCUT2D eigenvalue weighted by Gasteiger charge is 2.05. The largest absolute Gasteiger partial charge is 0.490 e. The van der Waals surface area contributed by atoms with Crippen LogP contribution in [0.3, 0.4) is 0 Å². The van der Waals surface area contributed by atoms with E-state index in [1.54, 1.807) is 0 Å². The highest BCUT2D eigenvalue weighted by Crippen LogP contribution is 2.27. The fourth-order valence-corrected chi connectivity index (χ4v) is 2.27. The molecule has 0 amide bonds. The number of rotatable bonds is 6. The van der Waals surface area contributed by atoms with E-state index in [2.05, 4.69) is 15.9 Å². The summed E-state index contributed by atoms with van der Waals surface area (Å²) in [6.07, 6.45) is 0.936. The Morgan fingerprint density at radius 1 is 1.05 bits per heavy atom.